The number of nitrogens with two attached hydrogens (primary N) is 1. The predicted octanol–water partition coefficient (Wildman–Crippen LogP) is 3.71. The first-order chi connectivity index (χ1) is 9.97. The fourth-order valence-corrected chi connectivity index (χ4v) is 3.07. The molecule has 124 valence electrons. The molecular weight excluding hydrogens is 296 g/mol. The summed E-state index contributed by atoms with van der Waals surface area (Å²) in [5.41, 5.74) is 8.58. The summed E-state index contributed by atoms with van der Waals surface area (Å²) in [6, 6.07) is 8.78. The van der Waals surface area contributed by atoms with Crippen molar-refractivity contribution in [1.82, 2.24) is 4.90 Å². The Morgan fingerprint density at radius 1 is 1.27 bits per heavy atom. The van der Waals surface area contributed by atoms with E-state index in [9.17, 15) is 4.79 Å². The largest absolute Gasteiger partial charge is 0.341 e. The van der Waals surface area contributed by atoms with Gasteiger partial charge in [-0.3, -0.25) is 4.79 Å². The van der Waals surface area contributed by atoms with E-state index >= 15 is 0 Å². The number of rotatable bonds is 5. The number of hydrogen-bond donors (Lipinski definition) is 1. The first-order valence-corrected chi connectivity index (χ1v) is 8.05. The van der Waals surface area contributed by atoms with Crippen LogP contribution >= 0.6 is 12.4 Å². The summed E-state index contributed by atoms with van der Waals surface area (Å²) in [7, 11) is 1.89. The van der Waals surface area contributed by atoms with E-state index in [2.05, 4.69) is 38.1 Å². The van der Waals surface area contributed by atoms with E-state index in [1.807, 2.05) is 11.9 Å². The Bertz CT molecular complexity index is 472. The van der Waals surface area contributed by atoms with Crippen LogP contribution in [-0.2, 0) is 11.3 Å². The van der Waals surface area contributed by atoms with Crippen molar-refractivity contribution in [2.75, 3.05) is 7.05 Å². The van der Waals surface area contributed by atoms with E-state index < -0.39 is 0 Å². The molecule has 1 aromatic rings. The van der Waals surface area contributed by atoms with Gasteiger partial charge >= 0.3 is 0 Å². The molecule has 0 saturated heterocycles. The first-order valence-electron chi connectivity index (χ1n) is 8.05. The smallest absolute Gasteiger partial charge is 0.222 e. The Morgan fingerprint density at radius 2 is 1.91 bits per heavy atom. The van der Waals surface area contributed by atoms with Crippen LogP contribution in [0, 0.1) is 5.92 Å². The average molecular weight is 325 g/mol. The second kappa shape index (κ2) is 8.54. The quantitative estimate of drug-likeness (QED) is 0.897. The molecule has 1 aromatic carbocycles. The maximum absolute atomic E-state index is 12.3. The fraction of sp³-hybridized carbons (Fsp3) is 0.611. The van der Waals surface area contributed by atoms with Gasteiger partial charge in [-0.1, -0.05) is 44.5 Å². The summed E-state index contributed by atoms with van der Waals surface area (Å²) in [5, 5.41) is 0. The Kier molecular flexibility index (Phi) is 7.37. The number of carbonyl (C=O) groups excluding carboxylic acids is 1. The number of halogens is 1. The van der Waals surface area contributed by atoms with Crippen LogP contribution in [-0.4, -0.2) is 23.9 Å². The van der Waals surface area contributed by atoms with E-state index in [1.165, 1.54) is 17.5 Å². The first kappa shape index (κ1) is 19.0. The number of nitrogens with zero attached hydrogens (tertiary/aromatic N) is 1. The van der Waals surface area contributed by atoms with Gasteiger partial charge in [-0.2, -0.15) is 0 Å². The van der Waals surface area contributed by atoms with Crippen LogP contribution in [0.1, 0.15) is 56.6 Å². The van der Waals surface area contributed by atoms with Gasteiger partial charge < -0.3 is 10.6 Å². The summed E-state index contributed by atoms with van der Waals surface area (Å²) >= 11 is 0. The summed E-state index contributed by atoms with van der Waals surface area (Å²) in [6.07, 6.45) is 3.93. The highest BCUT2D eigenvalue weighted by atomic mass is 35.5. The van der Waals surface area contributed by atoms with Gasteiger partial charge in [0.1, 0.15) is 0 Å². The zero-order valence-electron chi connectivity index (χ0n) is 13.9. The van der Waals surface area contributed by atoms with E-state index in [0.717, 1.165) is 12.8 Å². The molecule has 1 amide bonds. The van der Waals surface area contributed by atoms with Crippen LogP contribution in [0.3, 0.4) is 0 Å². The molecular formula is C18H29ClN2O. The minimum atomic E-state index is 0. The molecule has 1 aliphatic rings. The normalized spacial score (nSPS) is 20.8. The molecule has 0 aromatic heterocycles. The number of amides is 1. The highest BCUT2D eigenvalue weighted by molar-refractivity contribution is 5.85. The SMILES string of the molecule is CC(C)c1ccc(CN(C)C(=O)C[C@@H]2CCC[C@H]2N)cc1.Cl. The van der Waals surface area contributed by atoms with Crippen LogP contribution in [0.4, 0.5) is 0 Å². The van der Waals surface area contributed by atoms with Gasteiger partial charge in [0.15, 0.2) is 0 Å². The average Bonchev–Trinajstić information content (AvgIpc) is 2.84. The molecule has 4 heteroatoms. The van der Waals surface area contributed by atoms with Crippen molar-refractivity contribution in [1.29, 1.82) is 0 Å². The molecule has 3 nitrogen and oxygen atoms in total. The van der Waals surface area contributed by atoms with Crippen molar-refractivity contribution >= 4 is 18.3 Å². The molecule has 1 aliphatic carbocycles. The van der Waals surface area contributed by atoms with Crippen molar-refractivity contribution in [2.45, 2.75) is 58.0 Å². The number of carbonyl (C=O) groups is 1. The lowest BCUT2D eigenvalue weighted by atomic mass is 9.99. The molecule has 2 N–H and O–H groups in total. The summed E-state index contributed by atoms with van der Waals surface area (Å²) < 4.78 is 0. The third kappa shape index (κ3) is 4.99. The lowest BCUT2D eigenvalue weighted by molar-refractivity contribution is -0.131. The molecule has 22 heavy (non-hydrogen) atoms. The van der Waals surface area contributed by atoms with E-state index in [-0.39, 0.29) is 24.4 Å². The van der Waals surface area contributed by atoms with Crippen molar-refractivity contribution in [3.63, 3.8) is 0 Å². The molecule has 2 rings (SSSR count). The molecule has 0 unspecified atom stereocenters. The maximum atomic E-state index is 12.3. The third-order valence-electron chi connectivity index (χ3n) is 4.65. The lowest BCUT2D eigenvalue weighted by Gasteiger charge is -2.21. The van der Waals surface area contributed by atoms with E-state index in [1.54, 1.807) is 0 Å². The zero-order chi connectivity index (χ0) is 15.4. The lowest BCUT2D eigenvalue weighted by Crippen LogP contribution is -2.32. The Morgan fingerprint density at radius 3 is 2.41 bits per heavy atom. The van der Waals surface area contributed by atoms with Crippen LogP contribution in [0.25, 0.3) is 0 Å². The van der Waals surface area contributed by atoms with Crippen LogP contribution in [0.2, 0.25) is 0 Å². The Labute approximate surface area is 140 Å². The van der Waals surface area contributed by atoms with Gasteiger partial charge in [-0.15, -0.1) is 12.4 Å². The molecule has 0 heterocycles. The van der Waals surface area contributed by atoms with Gasteiger partial charge in [-0.05, 0) is 35.8 Å². The van der Waals surface area contributed by atoms with Crippen molar-refractivity contribution in [3.05, 3.63) is 35.4 Å². The summed E-state index contributed by atoms with van der Waals surface area (Å²) in [4.78, 5) is 14.1. The van der Waals surface area contributed by atoms with Crippen molar-refractivity contribution in [3.8, 4) is 0 Å². The molecule has 1 saturated carbocycles. The van der Waals surface area contributed by atoms with E-state index in [4.69, 9.17) is 5.73 Å². The van der Waals surface area contributed by atoms with Gasteiger partial charge in [0.2, 0.25) is 5.91 Å². The number of benzene rings is 1. The van der Waals surface area contributed by atoms with Gasteiger partial charge in [0, 0.05) is 26.1 Å². The Hall–Kier alpha value is -1.06. The molecule has 0 radical (unpaired) electrons. The minimum Gasteiger partial charge on any atom is -0.341 e. The predicted molar refractivity (Wildman–Crippen MR) is 94.2 cm³/mol. The highest BCUT2D eigenvalue weighted by Crippen LogP contribution is 2.27. The standard InChI is InChI=1S/C18H28N2O.ClH/c1-13(2)15-9-7-14(8-10-15)12-20(3)18(21)11-16-5-4-6-17(16)19;/h7-10,13,16-17H,4-6,11-12,19H2,1-3H3;1H/t16-,17+;/m0./s1. The van der Waals surface area contributed by atoms with Crippen LogP contribution in [0.5, 0.6) is 0 Å². The zero-order valence-corrected chi connectivity index (χ0v) is 14.7. The summed E-state index contributed by atoms with van der Waals surface area (Å²) in [6.45, 7) is 5.06. The molecule has 1 fully saturated rings. The van der Waals surface area contributed by atoms with E-state index in [0.29, 0.717) is 24.8 Å². The van der Waals surface area contributed by atoms with Gasteiger partial charge in [-0.25, -0.2) is 0 Å². The molecule has 2 atom stereocenters. The second-order valence-corrected chi connectivity index (χ2v) is 6.71. The van der Waals surface area contributed by atoms with Crippen LogP contribution < -0.4 is 5.73 Å². The van der Waals surface area contributed by atoms with Gasteiger partial charge in [0.25, 0.3) is 0 Å². The molecule has 0 bridgehead atoms. The Balaban J connectivity index is 0.00000242. The number of hydrogen-bond acceptors (Lipinski definition) is 2. The minimum absolute atomic E-state index is 0. The fourth-order valence-electron chi connectivity index (χ4n) is 3.07. The van der Waals surface area contributed by atoms with Crippen molar-refractivity contribution in [2.24, 2.45) is 11.7 Å². The maximum Gasteiger partial charge on any atom is 0.222 e. The highest BCUT2D eigenvalue weighted by Gasteiger charge is 2.27. The third-order valence-corrected chi connectivity index (χ3v) is 4.65. The van der Waals surface area contributed by atoms with Gasteiger partial charge in [0.05, 0.1) is 0 Å². The summed E-state index contributed by atoms with van der Waals surface area (Å²) in [5.74, 6) is 1.14. The second-order valence-electron chi connectivity index (χ2n) is 6.71. The topological polar surface area (TPSA) is 46.3 Å². The molecule has 0 spiro atoms. The van der Waals surface area contributed by atoms with Crippen molar-refractivity contribution < 1.29 is 4.79 Å². The monoisotopic (exact) mass is 324 g/mol. The van der Waals surface area contributed by atoms with Crippen LogP contribution in [0.15, 0.2) is 24.3 Å². The molecule has 0 aliphatic heterocycles.